The lowest BCUT2D eigenvalue weighted by molar-refractivity contribution is -0.123. The summed E-state index contributed by atoms with van der Waals surface area (Å²) in [7, 11) is 0. The highest BCUT2D eigenvalue weighted by Crippen LogP contribution is 2.37. The van der Waals surface area contributed by atoms with E-state index in [0.717, 1.165) is 0 Å². The first-order valence-corrected chi connectivity index (χ1v) is 9.84. The van der Waals surface area contributed by atoms with E-state index in [0.29, 0.717) is 24.2 Å². The minimum atomic E-state index is 0.0182. The Kier molecular flexibility index (Phi) is 7.21. The van der Waals surface area contributed by atoms with Gasteiger partial charge in [0.2, 0.25) is 0 Å². The Morgan fingerprint density at radius 1 is 0.909 bits per heavy atom. The van der Waals surface area contributed by atoms with Gasteiger partial charge in [-0.25, -0.2) is 0 Å². The van der Waals surface area contributed by atoms with Gasteiger partial charge >= 0.3 is 0 Å². The van der Waals surface area contributed by atoms with Crippen molar-refractivity contribution in [3.8, 4) is 0 Å². The van der Waals surface area contributed by atoms with Crippen molar-refractivity contribution in [2.45, 2.75) is 122 Å². The molecule has 22 heavy (non-hydrogen) atoms. The fourth-order valence-electron chi connectivity index (χ4n) is 4.45. The maximum atomic E-state index is 6.37. The maximum absolute atomic E-state index is 6.37. The Morgan fingerprint density at radius 3 is 2.09 bits per heavy atom. The molecule has 2 aliphatic rings. The van der Waals surface area contributed by atoms with Gasteiger partial charge in [-0.3, -0.25) is 0 Å². The van der Waals surface area contributed by atoms with Crippen molar-refractivity contribution >= 4 is 0 Å². The highest BCUT2D eigenvalue weighted by molar-refractivity contribution is 4.86. The van der Waals surface area contributed by atoms with E-state index in [1.165, 1.54) is 70.6 Å². The van der Waals surface area contributed by atoms with Crippen LogP contribution in [-0.4, -0.2) is 23.9 Å². The van der Waals surface area contributed by atoms with E-state index >= 15 is 0 Å². The predicted octanol–water partition coefficient (Wildman–Crippen LogP) is 5.88. The molecule has 2 saturated carbocycles. The van der Waals surface area contributed by atoms with E-state index < -0.39 is 0 Å². The molecule has 0 saturated heterocycles. The van der Waals surface area contributed by atoms with Gasteiger partial charge in [0.1, 0.15) is 0 Å². The fraction of sp³-hybridized carbons (Fsp3) is 1.00. The van der Waals surface area contributed by atoms with Crippen LogP contribution in [0.1, 0.15) is 98.3 Å². The largest absolute Gasteiger partial charge is 0.375 e. The molecule has 0 radical (unpaired) electrons. The maximum Gasteiger partial charge on any atom is 0.0658 e. The summed E-state index contributed by atoms with van der Waals surface area (Å²) in [6.07, 6.45) is 15.6. The van der Waals surface area contributed by atoms with Crippen LogP contribution in [0.4, 0.5) is 0 Å². The normalized spacial score (nSPS) is 29.5. The number of hydrogen-bond donors (Lipinski definition) is 0. The van der Waals surface area contributed by atoms with Gasteiger partial charge in [-0.15, -0.1) is 0 Å². The van der Waals surface area contributed by atoms with Crippen LogP contribution in [0.25, 0.3) is 0 Å². The number of hydrogen-bond acceptors (Lipinski definition) is 2. The average Bonchev–Trinajstić information content (AvgIpc) is 2.48. The summed E-state index contributed by atoms with van der Waals surface area (Å²) in [5, 5.41) is 0. The molecule has 2 aliphatic carbocycles. The average molecular weight is 311 g/mol. The van der Waals surface area contributed by atoms with Crippen LogP contribution in [0.2, 0.25) is 0 Å². The van der Waals surface area contributed by atoms with Crippen molar-refractivity contribution in [3.63, 3.8) is 0 Å². The van der Waals surface area contributed by atoms with Crippen LogP contribution in [0.5, 0.6) is 0 Å². The third-order valence-electron chi connectivity index (χ3n) is 5.79. The first-order valence-electron chi connectivity index (χ1n) is 9.84. The Bertz CT molecular complexity index is 299. The molecule has 0 aromatic rings. The second-order valence-corrected chi connectivity index (χ2v) is 8.19. The first kappa shape index (κ1) is 18.3. The number of ether oxygens (including phenoxy) is 2. The third kappa shape index (κ3) is 5.53. The summed E-state index contributed by atoms with van der Waals surface area (Å²) >= 11 is 0. The predicted molar refractivity (Wildman–Crippen MR) is 93.2 cm³/mol. The van der Waals surface area contributed by atoms with Crippen molar-refractivity contribution in [2.24, 2.45) is 5.92 Å². The van der Waals surface area contributed by atoms with E-state index in [1.54, 1.807) is 0 Å². The zero-order chi connectivity index (χ0) is 16.0. The van der Waals surface area contributed by atoms with Crippen molar-refractivity contribution in [3.05, 3.63) is 0 Å². The standard InChI is InChI=1S/C20H38O2/c1-5-9-16(2)22-20(3,4)17-12-14-19(15-13-17)21-18-10-7-6-8-11-18/h16-19H,5-15H2,1-4H3. The minimum absolute atomic E-state index is 0.0182. The Labute approximate surface area is 138 Å². The minimum Gasteiger partial charge on any atom is -0.375 e. The molecule has 0 aromatic carbocycles. The lowest BCUT2D eigenvalue weighted by atomic mass is 9.77. The van der Waals surface area contributed by atoms with Crippen molar-refractivity contribution in [1.29, 1.82) is 0 Å². The fourth-order valence-corrected chi connectivity index (χ4v) is 4.45. The quantitative estimate of drug-likeness (QED) is 0.584. The Hall–Kier alpha value is -0.0800. The van der Waals surface area contributed by atoms with Gasteiger partial charge in [-0.1, -0.05) is 32.6 Å². The van der Waals surface area contributed by atoms with Crippen LogP contribution in [-0.2, 0) is 9.47 Å². The second-order valence-electron chi connectivity index (χ2n) is 8.19. The molecular formula is C20H38O2. The van der Waals surface area contributed by atoms with Gasteiger partial charge in [0.05, 0.1) is 23.9 Å². The molecular weight excluding hydrogens is 272 g/mol. The van der Waals surface area contributed by atoms with Gasteiger partial charge < -0.3 is 9.47 Å². The zero-order valence-corrected chi connectivity index (χ0v) is 15.4. The summed E-state index contributed by atoms with van der Waals surface area (Å²) in [6.45, 7) is 9.06. The van der Waals surface area contributed by atoms with E-state index in [4.69, 9.17) is 9.47 Å². The highest BCUT2D eigenvalue weighted by Gasteiger charge is 2.35. The molecule has 130 valence electrons. The third-order valence-corrected chi connectivity index (χ3v) is 5.79. The molecule has 0 spiro atoms. The summed E-state index contributed by atoms with van der Waals surface area (Å²) < 4.78 is 12.7. The van der Waals surface area contributed by atoms with Crippen molar-refractivity contribution in [1.82, 2.24) is 0 Å². The van der Waals surface area contributed by atoms with Gasteiger partial charge in [0.15, 0.2) is 0 Å². The lowest BCUT2D eigenvalue weighted by Crippen LogP contribution is -2.41. The van der Waals surface area contributed by atoms with E-state index in [9.17, 15) is 0 Å². The SMILES string of the molecule is CCCC(C)OC(C)(C)C1CCC(OC2CCCCC2)CC1. The summed E-state index contributed by atoms with van der Waals surface area (Å²) in [5.41, 5.74) is 0.0182. The molecule has 2 heteroatoms. The van der Waals surface area contributed by atoms with Crippen LogP contribution in [0.15, 0.2) is 0 Å². The molecule has 0 heterocycles. The smallest absolute Gasteiger partial charge is 0.0658 e. The van der Waals surface area contributed by atoms with E-state index in [2.05, 4.69) is 27.7 Å². The van der Waals surface area contributed by atoms with Crippen LogP contribution in [0, 0.1) is 5.92 Å². The van der Waals surface area contributed by atoms with Crippen molar-refractivity contribution < 1.29 is 9.47 Å². The molecule has 1 atom stereocenters. The molecule has 2 fully saturated rings. The zero-order valence-electron chi connectivity index (χ0n) is 15.4. The topological polar surface area (TPSA) is 18.5 Å². The number of rotatable bonds is 7. The lowest BCUT2D eigenvalue weighted by Gasteiger charge is -2.41. The molecule has 2 rings (SSSR count). The monoisotopic (exact) mass is 310 g/mol. The first-order chi connectivity index (χ1) is 10.5. The Morgan fingerprint density at radius 2 is 1.50 bits per heavy atom. The second kappa shape index (κ2) is 8.68. The van der Waals surface area contributed by atoms with Gasteiger partial charge in [-0.2, -0.15) is 0 Å². The highest BCUT2D eigenvalue weighted by atomic mass is 16.5. The van der Waals surface area contributed by atoms with Gasteiger partial charge in [-0.05, 0) is 71.6 Å². The van der Waals surface area contributed by atoms with E-state index in [-0.39, 0.29) is 5.60 Å². The van der Waals surface area contributed by atoms with Crippen LogP contribution >= 0.6 is 0 Å². The molecule has 0 aromatic heterocycles. The molecule has 0 aliphatic heterocycles. The summed E-state index contributed by atoms with van der Waals surface area (Å²) in [4.78, 5) is 0. The van der Waals surface area contributed by atoms with Gasteiger partial charge in [0, 0.05) is 0 Å². The molecule has 0 bridgehead atoms. The molecule has 2 nitrogen and oxygen atoms in total. The molecule has 1 unspecified atom stereocenters. The van der Waals surface area contributed by atoms with Crippen LogP contribution < -0.4 is 0 Å². The van der Waals surface area contributed by atoms with Crippen LogP contribution in [0.3, 0.4) is 0 Å². The molecule has 0 N–H and O–H groups in total. The van der Waals surface area contributed by atoms with Gasteiger partial charge in [0.25, 0.3) is 0 Å². The Balaban J connectivity index is 1.73. The summed E-state index contributed by atoms with van der Waals surface area (Å²) in [5.74, 6) is 0.693. The van der Waals surface area contributed by atoms with E-state index in [1.807, 2.05) is 0 Å². The summed E-state index contributed by atoms with van der Waals surface area (Å²) in [6, 6.07) is 0. The molecule has 0 amide bonds. The van der Waals surface area contributed by atoms with Crippen molar-refractivity contribution in [2.75, 3.05) is 0 Å².